The first-order valence-corrected chi connectivity index (χ1v) is 10.7. The van der Waals surface area contributed by atoms with E-state index in [0.717, 1.165) is 44.2 Å². The van der Waals surface area contributed by atoms with E-state index in [0.29, 0.717) is 0 Å². The van der Waals surface area contributed by atoms with Crippen LogP contribution in [0.15, 0.2) is 29.2 Å². The highest BCUT2D eigenvalue weighted by molar-refractivity contribution is 7.90. The number of ether oxygens (including phenoxy) is 1. The SMILES string of the molecule is COc1c(C(=O)Nc2c3c(cc4c2CCC4)CCC3)cccc1S(=N)(N)=O. The standard InChI is InChI=1S/C20H23N3O3S/c1-26-19-16(9-4-10-17(19)27(21,22)25)20(24)23-18-14-7-2-5-12(14)11-13-6-3-8-15(13)18/h4,9-11H,2-3,5-8H2,1H3,(H,23,24)(H3,21,22,25). The number of fused-ring (bicyclic) bond motifs is 2. The molecule has 0 heterocycles. The molecule has 4 N–H and O–H groups in total. The molecule has 1 amide bonds. The van der Waals surface area contributed by atoms with Gasteiger partial charge in [0.05, 0.1) is 12.7 Å². The number of para-hydroxylation sites is 1. The van der Waals surface area contributed by atoms with Crippen LogP contribution in [0.4, 0.5) is 5.69 Å². The van der Waals surface area contributed by atoms with Gasteiger partial charge in [-0.3, -0.25) is 4.79 Å². The molecule has 0 aliphatic heterocycles. The Morgan fingerprint density at radius 1 is 1.15 bits per heavy atom. The van der Waals surface area contributed by atoms with Crippen LogP contribution >= 0.6 is 0 Å². The number of amides is 1. The van der Waals surface area contributed by atoms with E-state index >= 15 is 0 Å². The van der Waals surface area contributed by atoms with E-state index in [1.807, 2.05) is 0 Å². The maximum absolute atomic E-state index is 13.1. The summed E-state index contributed by atoms with van der Waals surface area (Å²) in [4.78, 5) is 13.1. The third-order valence-corrected chi connectivity index (χ3v) is 6.44. The number of rotatable bonds is 4. The first-order valence-electron chi connectivity index (χ1n) is 9.11. The van der Waals surface area contributed by atoms with Crippen molar-refractivity contribution < 1.29 is 13.7 Å². The van der Waals surface area contributed by atoms with Crippen molar-refractivity contribution in [2.45, 2.75) is 43.4 Å². The van der Waals surface area contributed by atoms with Crippen molar-refractivity contribution in [1.29, 1.82) is 4.78 Å². The molecule has 0 saturated heterocycles. The van der Waals surface area contributed by atoms with E-state index in [-0.39, 0.29) is 22.1 Å². The van der Waals surface area contributed by atoms with E-state index in [1.54, 1.807) is 12.1 Å². The van der Waals surface area contributed by atoms with Gasteiger partial charge in [0.1, 0.15) is 20.6 Å². The summed E-state index contributed by atoms with van der Waals surface area (Å²) in [6, 6.07) is 6.95. The highest BCUT2D eigenvalue weighted by Crippen LogP contribution is 2.39. The van der Waals surface area contributed by atoms with Gasteiger partial charge in [0.15, 0.2) is 0 Å². The number of methoxy groups -OCH3 is 1. The van der Waals surface area contributed by atoms with Crippen molar-refractivity contribution in [2.24, 2.45) is 5.14 Å². The Balaban J connectivity index is 1.77. The fourth-order valence-electron chi connectivity index (χ4n) is 4.29. The van der Waals surface area contributed by atoms with Crippen molar-refractivity contribution in [3.8, 4) is 5.75 Å². The largest absolute Gasteiger partial charge is 0.495 e. The van der Waals surface area contributed by atoms with Gasteiger partial charge in [0.2, 0.25) is 0 Å². The van der Waals surface area contributed by atoms with E-state index in [2.05, 4.69) is 11.4 Å². The summed E-state index contributed by atoms with van der Waals surface area (Å²) in [5.74, 6) is -0.228. The first-order chi connectivity index (χ1) is 12.9. The Hall–Kier alpha value is -2.38. The maximum Gasteiger partial charge on any atom is 0.259 e. The van der Waals surface area contributed by atoms with Gasteiger partial charge < -0.3 is 10.1 Å². The molecule has 2 aromatic rings. The van der Waals surface area contributed by atoms with Crippen LogP contribution in [-0.4, -0.2) is 17.2 Å². The van der Waals surface area contributed by atoms with Crippen LogP contribution in [0, 0.1) is 4.78 Å². The van der Waals surface area contributed by atoms with Gasteiger partial charge >= 0.3 is 0 Å². The molecule has 2 aromatic carbocycles. The Morgan fingerprint density at radius 2 is 1.78 bits per heavy atom. The summed E-state index contributed by atoms with van der Waals surface area (Å²) >= 11 is 0. The molecule has 6 nitrogen and oxygen atoms in total. The van der Waals surface area contributed by atoms with Crippen molar-refractivity contribution >= 4 is 21.5 Å². The average molecular weight is 385 g/mol. The van der Waals surface area contributed by atoms with Gasteiger partial charge in [-0.15, -0.1) is 0 Å². The molecule has 7 heteroatoms. The molecule has 0 bridgehead atoms. The van der Waals surface area contributed by atoms with Crippen LogP contribution < -0.4 is 15.2 Å². The summed E-state index contributed by atoms with van der Waals surface area (Å²) in [6.45, 7) is 0. The Labute approximate surface area is 159 Å². The van der Waals surface area contributed by atoms with Crippen LogP contribution in [0.1, 0.15) is 45.5 Å². The lowest BCUT2D eigenvalue weighted by Crippen LogP contribution is -2.18. The zero-order valence-corrected chi connectivity index (χ0v) is 16.1. The Morgan fingerprint density at radius 3 is 2.33 bits per heavy atom. The van der Waals surface area contributed by atoms with E-state index in [9.17, 15) is 9.00 Å². The summed E-state index contributed by atoms with van der Waals surface area (Å²) in [6.07, 6.45) is 6.26. The smallest absolute Gasteiger partial charge is 0.259 e. The minimum atomic E-state index is -3.50. The van der Waals surface area contributed by atoms with E-state index < -0.39 is 9.92 Å². The minimum absolute atomic E-state index is 0.0289. The van der Waals surface area contributed by atoms with Crippen molar-refractivity contribution in [3.63, 3.8) is 0 Å². The zero-order chi connectivity index (χ0) is 19.2. The molecule has 4 rings (SSSR count). The molecule has 0 radical (unpaired) electrons. The van der Waals surface area contributed by atoms with Gasteiger partial charge in [-0.25, -0.2) is 14.1 Å². The number of aryl methyl sites for hydroxylation is 2. The van der Waals surface area contributed by atoms with Crippen molar-refractivity contribution in [2.75, 3.05) is 12.4 Å². The van der Waals surface area contributed by atoms with E-state index in [4.69, 9.17) is 14.7 Å². The molecule has 0 aromatic heterocycles. The second-order valence-corrected chi connectivity index (χ2v) is 8.77. The van der Waals surface area contributed by atoms with Gasteiger partial charge in [-0.05, 0) is 72.9 Å². The van der Waals surface area contributed by atoms with Crippen LogP contribution in [0.25, 0.3) is 0 Å². The van der Waals surface area contributed by atoms with Gasteiger partial charge in [-0.2, -0.15) is 0 Å². The highest BCUT2D eigenvalue weighted by Gasteiger charge is 2.27. The number of nitrogens with one attached hydrogen (secondary N) is 2. The normalized spacial score (nSPS) is 17.1. The molecule has 0 spiro atoms. The lowest BCUT2D eigenvalue weighted by molar-refractivity contribution is 0.102. The minimum Gasteiger partial charge on any atom is -0.495 e. The van der Waals surface area contributed by atoms with Gasteiger partial charge in [0, 0.05) is 5.69 Å². The Bertz CT molecular complexity index is 1010. The van der Waals surface area contributed by atoms with E-state index in [1.165, 1.54) is 35.4 Å². The van der Waals surface area contributed by atoms with Crippen molar-refractivity contribution in [3.05, 3.63) is 52.1 Å². The molecular weight excluding hydrogens is 362 g/mol. The number of hydrogen-bond acceptors (Lipinski definition) is 4. The monoisotopic (exact) mass is 385 g/mol. The lowest BCUT2D eigenvalue weighted by atomic mass is 9.98. The van der Waals surface area contributed by atoms with Crippen LogP contribution in [0.5, 0.6) is 5.75 Å². The van der Waals surface area contributed by atoms with Crippen LogP contribution in [-0.2, 0) is 35.6 Å². The molecule has 1 unspecified atom stereocenters. The summed E-state index contributed by atoms with van der Waals surface area (Å²) in [5.41, 5.74) is 6.33. The lowest BCUT2D eigenvalue weighted by Gasteiger charge is -2.18. The number of anilines is 1. The number of benzene rings is 2. The highest BCUT2D eigenvalue weighted by atomic mass is 32.2. The van der Waals surface area contributed by atoms with Crippen molar-refractivity contribution in [1.82, 2.24) is 0 Å². The van der Waals surface area contributed by atoms with Gasteiger partial charge in [-0.1, -0.05) is 12.1 Å². The Kier molecular flexibility index (Phi) is 4.44. The summed E-state index contributed by atoms with van der Waals surface area (Å²) < 4.78 is 25.0. The maximum atomic E-state index is 13.1. The number of carbonyl (C=O) groups is 1. The third kappa shape index (κ3) is 3.11. The predicted molar refractivity (Wildman–Crippen MR) is 105 cm³/mol. The van der Waals surface area contributed by atoms with Gasteiger partial charge in [0.25, 0.3) is 5.91 Å². The fourth-order valence-corrected chi connectivity index (χ4v) is 5.04. The molecule has 27 heavy (non-hydrogen) atoms. The second-order valence-electron chi connectivity index (χ2n) is 7.13. The number of hydrogen-bond donors (Lipinski definition) is 3. The molecule has 0 fully saturated rings. The molecule has 142 valence electrons. The predicted octanol–water partition coefficient (Wildman–Crippen LogP) is 3.20. The molecule has 0 saturated carbocycles. The topological polar surface area (TPSA) is 105 Å². The quantitative estimate of drug-likeness (QED) is 0.752. The average Bonchev–Trinajstić information content (AvgIpc) is 3.28. The third-order valence-electron chi connectivity index (χ3n) is 5.47. The first kappa shape index (κ1) is 18.0. The molecule has 2 aliphatic carbocycles. The number of nitrogens with two attached hydrogens (primary N) is 1. The van der Waals surface area contributed by atoms with Crippen LogP contribution in [0.2, 0.25) is 0 Å². The zero-order valence-electron chi connectivity index (χ0n) is 15.3. The fraction of sp³-hybridized carbons (Fsp3) is 0.350. The molecule has 1 atom stereocenters. The molecular formula is C20H23N3O3S. The number of carbonyl (C=O) groups excluding carboxylic acids is 1. The summed E-state index contributed by atoms with van der Waals surface area (Å²) in [5, 5.41) is 8.58. The van der Waals surface area contributed by atoms with Crippen LogP contribution in [0.3, 0.4) is 0 Å². The summed E-state index contributed by atoms with van der Waals surface area (Å²) in [7, 11) is -2.11. The molecule has 2 aliphatic rings. The second kappa shape index (κ2) is 6.65.